The lowest BCUT2D eigenvalue weighted by Gasteiger charge is -2.40. The molecule has 0 spiro atoms. The first-order valence-corrected chi connectivity index (χ1v) is 6.73. The van der Waals surface area contributed by atoms with Gasteiger partial charge in [-0.1, -0.05) is 11.6 Å². The number of hydrogen-bond donors (Lipinski definition) is 0. The fourth-order valence-corrected chi connectivity index (χ4v) is 2.58. The standard InChI is InChI=1S/C13H15F3N4O/c1-8(9-6-17-20(2)7-9)10-18-11(19-21-10)12(4-3-5-12)13(14,15)16/h6-8H,3-5H2,1-2H3. The Hall–Kier alpha value is -1.86. The third kappa shape index (κ3) is 2.13. The van der Waals surface area contributed by atoms with Gasteiger partial charge < -0.3 is 4.52 Å². The highest BCUT2D eigenvalue weighted by atomic mass is 19.4. The van der Waals surface area contributed by atoms with Crippen molar-refractivity contribution in [2.24, 2.45) is 7.05 Å². The Morgan fingerprint density at radius 2 is 2.10 bits per heavy atom. The van der Waals surface area contributed by atoms with Crippen molar-refractivity contribution in [1.82, 2.24) is 19.9 Å². The van der Waals surface area contributed by atoms with Gasteiger partial charge in [-0.15, -0.1) is 0 Å². The van der Waals surface area contributed by atoms with Crippen molar-refractivity contribution in [3.05, 3.63) is 29.7 Å². The Morgan fingerprint density at radius 1 is 1.38 bits per heavy atom. The van der Waals surface area contributed by atoms with Crippen molar-refractivity contribution < 1.29 is 17.7 Å². The van der Waals surface area contributed by atoms with Gasteiger partial charge in [-0.3, -0.25) is 4.68 Å². The van der Waals surface area contributed by atoms with Gasteiger partial charge in [0, 0.05) is 18.8 Å². The molecule has 1 aliphatic rings. The van der Waals surface area contributed by atoms with Crippen molar-refractivity contribution in [1.29, 1.82) is 0 Å². The van der Waals surface area contributed by atoms with Crippen LogP contribution in [0.2, 0.25) is 0 Å². The van der Waals surface area contributed by atoms with E-state index in [2.05, 4.69) is 15.2 Å². The fourth-order valence-electron chi connectivity index (χ4n) is 2.58. The molecule has 8 heteroatoms. The van der Waals surface area contributed by atoms with Crippen molar-refractivity contribution in [3.63, 3.8) is 0 Å². The minimum absolute atomic E-state index is 0.0246. The molecular formula is C13H15F3N4O. The van der Waals surface area contributed by atoms with Gasteiger partial charge in [-0.05, 0) is 19.8 Å². The number of aromatic nitrogens is 4. The second-order valence-electron chi connectivity index (χ2n) is 5.56. The van der Waals surface area contributed by atoms with Crippen LogP contribution in [0.5, 0.6) is 0 Å². The zero-order chi connectivity index (χ0) is 15.3. The van der Waals surface area contributed by atoms with Crippen LogP contribution in [0.1, 0.15) is 49.4 Å². The highest BCUT2D eigenvalue weighted by Gasteiger charge is 2.62. The summed E-state index contributed by atoms with van der Waals surface area (Å²) in [7, 11) is 1.77. The molecule has 1 unspecified atom stereocenters. The fraction of sp³-hybridized carbons (Fsp3) is 0.615. The Morgan fingerprint density at radius 3 is 2.57 bits per heavy atom. The number of hydrogen-bond acceptors (Lipinski definition) is 4. The van der Waals surface area contributed by atoms with Crippen molar-refractivity contribution >= 4 is 0 Å². The van der Waals surface area contributed by atoms with Crippen LogP contribution < -0.4 is 0 Å². The molecule has 2 aromatic heterocycles. The molecule has 0 radical (unpaired) electrons. The first kappa shape index (κ1) is 14.1. The molecule has 0 aromatic carbocycles. The smallest absolute Gasteiger partial charge is 0.339 e. The molecule has 21 heavy (non-hydrogen) atoms. The average Bonchev–Trinajstić information content (AvgIpc) is 2.94. The SMILES string of the molecule is CC(c1cnn(C)c1)c1nc(C2(C(F)(F)F)CCC2)no1. The van der Waals surface area contributed by atoms with Gasteiger partial charge >= 0.3 is 6.18 Å². The first-order chi connectivity index (χ1) is 9.83. The van der Waals surface area contributed by atoms with Gasteiger partial charge in [0.2, 0.25) is 5.89 Å². The van der Waals surface area contributed by atoms with Crippen LogP contribution in [-0.4, -0.2) is 26.1 Å². The Kier molecular flexibility index (Phi) is 3.07. The van der Waals surface area contributed by atoms with Crippen LogP contribution in [0.4, 0.5) is 13.2 Å². The van der Waals surface area contributed by atoms with Crippen LogP contribution in [0, 0.1) is 0 Å². The maximum absolute atomic E-state index is 13.2. The topological polar surface area (TPSA) is 56.7 Å². The van der Waals surface area contributed by atoms with E-state index in [1.165, 1.54) is 0 Å². The number of alkyl halides is 3. The molecule has 1 saturated carbocycles. The lowest BCUT2D eigenvalue weighted by Crippen LogP contribution is -2.48. The molecule has 0 saturated heterocycles. The summed E-state index contributed by atoms with van der Waals surface area (Å²) in [6.07, 6.45) is -0.353. The Bertz CT molecular complexity index is 642. The zero-order valence-electron chi connectivity index (χ0n) is 11.7. The Balaban J connectivity index is 1.90. The normalized spacial score (nSPS) is 19.3. The summed E-state index contributed by atoms with van der Waals surface area (Å²) < 4.78 is 46.4. The second-order valence-corrected chi connectivity index (χ2v) is 5.56. The summed E-state index contributed by atoms with van der Waals surface area (Å²) >= 11 is 0. The van der Waals surface area contributed by atoms with Gasteiger partial charge in [0.15, 0.2) is 5.82 Å². The highest BCUT2D eigenvalue weighted by Crippen LogP contribution is 2.53. The Labute approximate surface area is 119 Å². The second kappa shape index (κ2) is 4.57. The van der Waals surface area contributed by atoms with E-state index in [1.54, 1.807) is 31.0 Å². The van der Waals surface area contributed by atoms with E-state index < -0.39 is 11.6 Å². The molecule has 1 fully saturated rings. The summed E-state index contributed by atoms with van der Waals surface area (Å²) in [6.45, 7) is 1.80. The third-order valence-corrected chi connectivity index (χ3v) is 4.21. The number of nitrogens with zero attached hydrogens (tertiary/aromatic N) is 4. The quantitative estimate of drug-likeness (QED) is 0.874. The molecule has 1 aliphatic carbocycles. The van der Waals surface area contributed by atoms with Crippen molar-refractivity contribution in [2.75, 3.05) is 0 Å². The predicted molar refractivity (Wildman–Crippen MR) is 66.6 cm³/mol. The molecule has 2 aromatic rings. The minimum atomic E-state index is -4.34. The van der Waals surface area contributed by atoms with E-state index in [9.17, 15) is 13.2 Å². The predicted octanol–water partition coefficient (Wildman–Crippen LogP) is 2.94. The van der Waals surface area contributed by atoms with Gasteiger partial charge in [0.1, 0.15) is 5.41 Å². The molecule has 0 N–H and O–H groups in total. The van der Waals surface area contributed by atoms with Crippen molar-refractivity contribution in [3.8, 4) is 0 Å². The third-order valence-electron chi connectivity index (χ3n) is 4.21. The average molecular weight is 300 g/mol. The molecule has 2 heterocycles. The molecule has 1 atom stereocenters. The van der Waals surface area contributed by atoms with E-state index in [4.69, 9.17) is 4.52 Å². The lowest BCUT2D eigenvalue weighted by molar-refractivity contribution is -0.215. The number of rotatable bonds is 3. The molecule has 3 rings (SSSR count). The minimum Gasteiger partial charge on any atom is -0.339 e. The van der Waals surface area contributed by atoms with E-state index in [-0.39, 0.29) is 30.5 Å². The van der Waals surface area contributed by atoms with E-state index in [1.807, 2.05) is 0 Å². The molecule has 0 bridgehead atoms. The first-order valence-electron chi connectivity index (χ1n) is 6.73. The summed E-state index contributed by atoms with van der Waals surface area (Å²) in [6, 6.07) is 0. The molecule has 0 aliphatic heterocycles. The van der Waals surface area contributed by atoms with Crippen LogP contribution in [0.3, 0.4) is 0 Å². The highest BCUT2D eigenvalue weighted by molar-refractivity contribution is 5.21. The number of aryl methyl sites for hydroxylation is 1. The molecule has 5 nitrogen and oxygen atoms in total. The van der Waals surface area contributed by atoms with Gasteiger partial charge in [0.25, 0.3) is 0 Å². The van der Waals surface area contributed by atoms with Gasteiger partial charge in [-0.2, -0.15) is 23.3 Å². The largest absolute Gasteiger partial charge is 0.401 e. The molecule has 114 valence electrons. The lowest BCUT2D eigenvalue weighted by atomic mass is 9.67. The summed E-state index contributed by atoms with van der Waals surface area (Å²) in [5.41, 5.74) is -1.11. The van der Waals surface area contributed by atoms with Crippen LogP contribution in [0.25, 0.3) is 0 Å². The van der Waals surface area contributed by atoms with Gasteiger partial charge in [-0.25, -0.2) is 0 Å². The summed E-state index contributed by atoms with van der Waals surface area (Å²) in [4.78, 5) is 4.02. The van der Waals surface area contributed by atoms with Crippen LogP contribution in [0.15, 0.2) is 16.9 Å². The van der Waals surface area contributed by atoms with Crippen LogP contribution in [-0.2, 0) is 12.5 Å². The molecule has 0 amide bonds. The van der Waals surface area contributed by atoms with Gasteiger partial charge in [0.05, 0.1) is 12.1 Å². The van der Waals surface area contributed by atoms with Crippen molar-refractivity contribution in [2.45, 2.75) is 43.7 Å². The zero-order valence-corrected chi connectivity index (χ0v) is 11.7. The summed E-state index contributed by atoms with van der Waals surface area (Å²) in [5.74, 6) is -0.342. The van der Waals surface area contributed by atoms with E-state index >= 15 is 0 Å². The van der Waals surface area contributed by atoms with Crippen LogP contribution >= 0.6 is 0 Å². The maximum atomic E-state index is 13.2. The monoisotopic (exact) mass is 300 g/mol. The summed E-state index contributed by atoms with van der Waals surface area (Å²) in [5, 5.41) is 7.63. The molecular weight excluding hydrogens is 285 g/mol. The van der Waals surface area contributed by atoms with E-state index in [0.29, 0.717) is 6.42 Å². The number of halogens is 3. The van der Waals surface area contributed by atoms with E-state index in [0.717, 1.165) is 5.56 Å². The maximum Gasteiger partial charge on any atom is 0.401 e.